The third kappa shape index (κ3) is 4.27. The molecule has 0 bridgehead atoms. The lowest BCUT2D eigenvalue weighted by atomic mass is 9.95. The first-order valence-corrected chi connectivity index (χ1v) is 7.92. The van der Waals surface area contributed by atoms with Gasteiger partial charge < -0.3 is 50.2 Å². The first-order chi connectivity index (χ1) is 11.7. The normalized spacial score (nSPS) is 48.2. The molecule has 2 saturated heterocycles. The van der Waals surface area contributed by atoms with Crippen LogP contribution in [-0.2, 0) is 19.0 Å². The van der Waals surface area contributed by atoms with Crippen LogP contribution in [-0.4, -0.2) is 105 Å². The number of carbonyl (C=O) groups excluding carboxylic acids is 1. The summed E-state index contributed by atoms with van der Waals surface area (Å²) in [7, 11) is 0. The molecule has 0 aliphatic carbocycles. The van der Waals surface area contributed by atoms with E-state index < -0.39 is 73.9 Å². The average Bonchev–Trinajstić information content (AvgIpc) is 2.56. The van der Waals surface area contributed by atoms with Crippen LogP contribution in [0.4, 0.5) is 0 Å². The summed E-state index contributed by atoms with van der Waals surface area (Å²) in [6.07, 6.45) is -12.3. The number of hydrogen-bond donors (Lipinski definition) is 7. The van der Waals surface area contributed by atoms with Gasteiger partial charge in [-0.3, -0.25) is 4.79 Å². The van der Waals surface area contributed by atoms with Gasteiger partial charge in [-0.15, -0.1) is 0 Å². The SMILES string of the molecule is CC(=O)N[C@@H]1[C@@H](O)[C@@H](O[C@@H]2O[C@@H](C)[C@@H](O)[C@@H](O)[C@@H]2O)[C@@H](CO)O[C@H]1O. The molecule has 7 N–H and O–H groups in total. The molecule has 0 spiro atoms. The molecular formula is C14H25NO10. The summed E-state index contributed by atoms with van der Waals surface area (Å²) in [4.78, 5) is 11.2. The van der Waals surface area contributed by atoms with Crippen molar-refractivity contribution < 1.29 is 49.6 Å². The van der Waals surface area contributed by atoms with Crippen LogP contribution < -0.4 is 5.32 Å². The van der Waals surface area contributed by atoms with Crippen LogP contribution >= 0.6 is 0 Å². The number of hydrogen-bond acceptors (Lipinski definition) is 10. The van der Waals surface area contributed by atoms with Crippen LogP contribution in [0.25, 0.3) is 0 Å². The quantitative estimate of drug-likeness (QED) is 0.257. The van der Waals surface area contributed by atoms with E-state index in [-0.39, 0.29) is 0 Å². The van der Waals surface area contributed by atoms with Crippen LogP contribution in [0.5, 0.6) is 0 Å². The Morgan fingerprint density at radius 1 is 1.04 bits per heavy atom. The molecule has 2 aliphatic heterocycles. The second-order valence-electron chi connectivity index (χ2n) is 6.25. The number of carbonyl (C=O) groups is 1. The molecular weight excluding hydrogens is 342 g/mol. The van der Waals surface area contributed by atoms with Gasteiger partial charge in [0, 0.05) is 6.92 Å². The summed E-state index contributed by atoms with van der Waals surface area (Å²) in [5.74, 6) is -0.533. The zero-order valence-electron chi connectivity index (χ0n) is 13.8. The number of amides is 1. The zero-order valence-corrected chi connectivity index (χ0v) is 13.8. The van der Waals surface area contributed by atoms with Gasteiger partial charge in [-0.05, 0) is 6.92 Å². The van der Waals surface area contributed by atoms with E-state index in [4.69, 9.17) is 14.2 Å². The highest BCUT2D eigenvalue weighted by Gasteiger charge is 2.50. The standard InChI is InChI=1S/C14H25NO10/c1-4-8(18)10(20)11(21)14(23-4)25-12-6(3-16)24-13(22)7(9(12)19)15-5(2)17/h4,6-14,16,18-22H,3H2,1-2H3,(H,15,17)/t4-,6+,7+,8+,9+,10+,11-,12-,13+,14-/m0/s1. The van der Waals surface area contributed by atoms with Crippen molar-refractivity contribution in [3.63, 3.8) is 0 Å². The molecule has 0 aromatic carbocycles. The molecule has 0 radical (unpaired) electrons. The maximum Gasteiger partial charge on any atom is 0.217 e. The molecule has 11 nitrogen and oxygen atoms in total. The molecule has 2 rings (SSSR count). The average molecular weight is 367 g/mol. The second-order valence-corrected chi connectivity index (χ2v) is 6.25. The van der Waals surface area contributed by atoms with Gasteiger partial charge in [0.1, 0.15) is 42.7 Å². The molecule has 0 aromatic rings. The number of aliphatic hydroxyl groups is 6. The van der Waals surface area contributed by atoms with Crippen molar-refractivity contribution in [1.29, 1.82) is 0 Å². The number of nitrogens with one attached hydrogen (secondary N) is 1. The lowest BCUT2D eigenvalue weighted by Crippen LogP contribution is -2.66. The number of rotatable bonds is 4. The largest absolute Gasteiger partial charge is 0.394 e. The van der Waals surface area contributed by atoms with Crippen LogP contribution in [0.1, 0.15) is 13.8 Å². The molecule has 0 saturated carbocycles. The fourth-order valence-corrected chi connectivity index (χ4v) is 2.92. The summed E-state index contributed by atoms with van der Waals surface area (Å²) in [5.41, 5.74) is 0. The van der Waals surface area contributed by atoms with Gasteiger partial charge in [0.25, 0.3) is 0 Å². The van der Waals surface area contributed by atoms with Crippen LogP contribution in [0, 0.1) is 0 Å². The van der Waals surface area contributed by atoms with E-state index in [2.05, 4.69) is 5.32 Å². The van der Waals surface area contributed by atoms with Crippen molar-refractivity contribution >= 4 is 5.91 Å². The van der Waals surface area contributed by atoms with E-state index in [0.717, 1.165) is 0 Å². The van der Waals surface area contributed by atoms with E-state index in [1.54, 1.807) is 0 Å². The smallest absolute Gasteiger partial charge is 0.217 e. The molecule has 2 heterocycles. The number of ether oxygens (including phenoxy) is 3. The Bertz CT molecular complexity index is 465. The maximum atomic E-state index is 11.2. The highest BCUT2D eigenvalue weighted by molar-refractivity contribution is 5.73. The Kier molecular flexibility index (Phi) is 6.70. The van der Waals surface area contributed by atoms with Gasteiger partial charge in [-0.25, -0.2) is 0 Å². The van der Waals surface area contributed by atoms with Crippen LogP contribution in [0.3, 0.4) is 0 Å². The first kappa shape index (κ1) is 20.4. The van der Waals surface area contributed by atoms with E-state index >= 15 is 0 Å². The second kappa shape index (κ2) is 8.20. The van der Waals surface area contributed by atoms with Crippen molar-refractivity contribution in [2.45, 2.75) is 75.2 Å². The Morgan fingerprint density at radius 2 is 1.68 bits per heavy atom. The zero-order chi connectivity index (χ0) is 18.9. The van der Waals surface area contributed by atoms with E-state index in [0.29, 0.717) is 0 Å². The molecule has 25 heavy (non-hydrogen) atoms. The third-order valence-corrected chi connectivity index (χ3v) is 4.34. The van der Waals surface area contributed by atoms with Gasteiger partial charge in [0.2, 0.25) is 5.91 Å². The van der Waals surface area contributed by atoms with Gasteiger partial charge >= 0.3 is 0 Å². The Balaban J connectivity index is 2.15. The molecule has 1 amide bonds. The van der Waals surface area contributed by atoms with Crippen molar-refractivity contribution in [3.8, 4) is 0 Å². The molecule has 0 unspecified atom stereocenters. The minimum atomic E-state index is -1.62. The predicted molar refractivity (Wildman–Crippen MR) is 78.8 cm³/mol. The minimum Gasteiger partial charge on any atom is -0.394 e. The first-order valence-electron chi connectivity index (χ1n) is 7.92. The lowest BCUT2D eigenvalue weighted by Gasteiger charge is -2.46. The van der Waals surface area contributed by atoms with Crippen molar-refractivity contribution in [2.75, 3.05) is 6.61 Å². The summed E-state index contributed by atoms with van der Waals surface area (Å²) >= 11 is 0. The monoisotopic (exact) mass is 367 g/mol. The summed E-state index contributed by atoms with van der Waals surface area (Å²) in [6, 6.07) is -1.24. The number of aliphatic hydroxyl groups excluding tert-OH is 6. The predicted octanol–water partition coefficient (Wildman–Crippen LogP) is -4.23. The Hall–Kier alpha value is -0.890. The van der Waals surface area contributed by atoms with Gasteiger partial charge in [-0.2, -0.15) is 0 Å². The van der Waals surface area contributed by atoms with E-state index in [1.807, 2.05) is 0 Å². The molecule has 10 atom stereocenters. The van der Waals surface area contributed by atoms with Gasteiger partial charge in [0.15, 0.2) is 12.6 Å². The highest BCUT2D eigenvalue weighted by Crippen LogP contribution is 2.28. The highest BCUT2D eigenvalue weighted by atomic mass is 16.7. The lowest BCUT2D eigenvalue weighted by molar-refractivity contribution is -0.341. The summed E-state index contributed by atoms with van der Waals surface area (Å²) < 4.78 is 15.9. The summed E-state index contributed by atoms with van der Waals surface area (Å²) in [5, 5.41) is 61.5. The maximum absolute atomic E-state index is 11.2. The fraction of sp³-hybridized carbons (Fsp3) is 0.929. The van der Waals surface area contributed by atoms with Crippen molar-refractivity contribution in [1.82, 2.24) is 5.32 Å². The fourth-order valence-electron chi connectivity index (χ4n) is 2.92. The molecule has 146 valence electrons. The van der Waals surface area contributed by atoms with Crippen molar-refractivity contribution in [3.05, 3.63) is 0 Å². The Morgan fingerprint density at radius 3 is 2.24 bits per heavy atom. The van der Waals surface area contributed by atoms with Crippen molar-refractivity contribution in [2.24, 2.45) is 0 Å². The van der Waals surface area contributed by atoms with Gasteiger partial charge in [0.05, 0.1) is 12.7 Å². The Labute approximate surface area is 143 Å². The van der Waals surface area contributed by atoms with E-state index in [9.17, 15) is 35.4 Å². The van der Waals surface area contributed by atoms with Crippen LogP contribution in [0.2, 0.25) is 0 Å². The minimum absolute atomic E-state index is 0.533. The van der Waals surface area contributed by atoms with Crippen LogP contribution in [0.15, 0.2) is 0 Å². The molecule has 2 aliphatic rings. The van der Waals surface area contributed by atoms with E-state index in [1.165, 1.54) is 13.8 Å². The third-order valence-electron chi connectivity index (χ3n) is 4.34. The topological polar surface area (TPSA) is 178 Å². The van der Waals surface area contributed by atoms with Gasteiger partial charge in [-0.1, -0.05) is 0 Å². The summed E-state index contributed by atoms with van der Waals surface area (Å²) in [6.45, 7) is 2.01. The molecule has 0 aromatic heterocycles. The molecule has 11 heteroatoms. The molecule has 2 fully saturated rings.